The minimum Gasteiger partial charge on any atom is -0.371 e. The third kappa shape index (κ3) is 4.37. The van der Waals surface area contributed by atoms with Gasteiger partial charge in [0.25, 0.3) is 0 Å². The van der Waals surface area contributed by atoms with E-state index in [1.54, 1.807) is 0 Å². The lowest BCUT2D eigenvalue weighted by Gasteiger charge is -2.35. The molecule has 0 spiro atoms. The van der Waals surface area contributed by atoms with Gasteiger partial charge >= 0.3 is 6.18 Å². The maximum absolute atomic E-state index is 12.8. The second kappa shape index (κ2) is 6.69. The van der Waals surface area contributed by atoms with Crippen molar-refractivity contribution in [3.63, 3.8) is 0 Å². The van der Waals surface area contributed by atoms with Crippen LogP contribution >= 0.6 is 0 Å². The van der Waals surface area contributed by atoms with Crippen LogP contribution in [0.1, 0.15) is 31.7 Å². The van der Waals surface area contributed by atoms with Crippen LogP contribution in [0.5, 0.6) is 0 Å². The predicted octanol–water partition coefficient (Wildman–Crippen LogP) is 3.75. The van der Waals surface area contributed by atoms with Crippen molar-refractivity contribution in [2.75, 3.05) is 18.0 Å². The molecule has 2 rings (SSSR count). The molecule has 5 heteroatoms. The van der Waals surface area contributed by atoms with Crippen LogP contribution in [0.25, 0.3) is 0 Å². The van der Waals surface area contributed by atoms with Gasteiger partial charge in [0.05, 0.1) is 5.92 Å². The van der Waals surface area contributed by atoms with E-state index in [9.17, 15) is 13.2 Å². The Kier molecular flexibility index (Phi) is 5.14. The van der Waals surface area contributed by atoms with Gasteiger partial charge in [0, 0.05) is 24.8 Å². The van der Waals surface area contributed by atoms with Gasteiger partial charge in [0.15, 0.2) is 0 Å². The Hall–Kier alpha value is -1.23. The van der Waals surface area contributed by atoms with E-state index in [0.29, 0.717) is 13.0 Å². The summed E-state index contributed by atoms with van der Waals surface area (Å²) in [5.41, 5.74) is 7.93. The average Bonchev–Trinajstić information content (AvgIpc) is 2.47. The van der Waals surface area contributed by atoms with Crippen molar-refractivity contribution >= 4 is 5.69 Å². The lowest BCUT2D eigenvalue weighted by Crippen LogP contribution is -2.41. The monoisotopic (exact) mass is 300 g/mol. The molecule has 0 saturated carbocycles. The first-order valence-electron chi connectivity index (χ1n) is 7.56. The highest BCUT2D eigenvalue weighted by Crippen LogP contribution is 2.34. The number of hydrogen-bond acceptors (Lipinski definition) is 2. The molecule has 118 valence electrons. The van der Waals surface area contributed by atoms with E-state index < -0.39 is 12.1 Å². The lowest BCUT2D eigenvalue weighted by atomic mass is 9.96. The van der Waals surface area contributed by atoms with Crippen molar-refractivity contribution in [1.29, 1.82) is 0 Å². The van der Waals surface area contributed by atoms with Crippen LogP contribution in [0.3, 0.4) is 0 Å². The Morgan fingerprint density at radius 2 is 1.95 bits per heavy atom. The maximum Gasteiger partial charge on any atom is 0.393 e. The molecule has 1 fully saturated rings. The van der Waals surface area contributed by atoms with Crippen LogP contribution in [0.15, 0.2) is 24.3 Å². The summed E-state index contributed by atoms with van der Waals surface area (Å²) >= 11 is 0. The maximum atomic E-state index is 12.8. The molecule has 0 amide bonds. The molecule has 1 saturated heterocycles. The van der Waals surface area contributed by atoms with E-state index in [4.69, 9.17) is 5.73 Å². The van der Waals surface area contributed by atoms with E-state index in [1.807, 2.05) is 36.1 Å². The fraction of sp³-hybridized carbons (Fsp3) is 0.625. The molecule has 2 nitrogen and oxygen atoms in total. The van der Waals surface area contributed by atoms with Gasteiger partial charge in [-0.05, 0) is 43.4 Å². The van der Waals surface area contributed by atoms with Crippen LogP contribution in [0, 0.1) is 5.92 Å². The van der Waals surface area contributed by atoms with Crippen LogP contribution in [0.2, 0.25) is 0 Å². The molecule has 1 aromatic rings. The molecule has 0 radical (unpaired) electrons. The first-order valence-corrected chi connectivity index (χ1v) is 7.56. The van der Waals surface area contributed by atoms with E-state index in [0.717, 1.165) is 24.1 Å². The summed E-state index contributed by atoms with van der Waals surface area (Å²) in [5.74, 6) is -1.21. The van der Waals surface area contributed by atoms with Gasteiger partial charge in [-0.15, -0.1) is 0 Å². The molecule has 2 N–H and O–H groups in total. The first kappa shape index (κ1) is 16.1. The summed E-state index contributed by atoms with van der Waals surface area (Å²) in [7, 11) is 0. The number of rotatable bonds is 4. The second-order valence-electron chi connectivity index (χ2n) is 5.87. The molecule has 1 aliphatic rings. The molecule has 1 aliphatic heterocycles. The van der Waals surface area contributed by atoms with Crippen LogP contribution < -0.4 is 10.6 Å². The number of hydrogen-bond donors (Lipinski definition) is 1. The molecule has 21 heavy (non-hydrogen) atoms. The van der Waals surface area contributed by atoms with E-state index in [2.05, 4.69) is 0 Å². The summed E-state index contributed by atoms with van der Waals surface area (Å²) in [6.07, 6.45) is -1.54. The number of halogens is 3. The Morgan fingerprint density at radius 3 is 2.52 bits per heavy atom. The summed E-state index contributed by atoms with van der Waals surface area (Å²) in [6.45, 7) is 2.81. The van der Waals surface area contributed by atoms with Crippen molar-refractivity contribution in [2.24, 2.45) is 11.7 Å². The zero-order chi connectivity index (χ0) is 15.5. The van der Waals surface area contributed by atoms with Gasteiger partial charge in [-0.3, -0.25) is 0 Å². The van der Waals surface area contributed by atoms with E-state index in [1.165, 1.54) is 0 Å². The highest BCUT2D eigenvalue weighted by atomic mass is 19.4. The Labute approximate surface area is 124 Å². The number of alkyl halides is 3. The van der Waals surface area contributed by atoms with Gasteiger partial charge in [-0.1, -0.05) is 19.1 Å². The van der Waals surface area contributed by atoms with Crippen molar-refractivity contribution < 1.29 is 13.2 Å². The summed E-state index contributed by atoms with van der Waals surface area (Å²) in [4.78, 5) is 1.84. The van der Waals surface area contributed by atoms with Crippen molar-refractivity contribution in [3.8, 4) is 0 Å². The molecule has 0 bridgehead atoms. The van der Waals surface area contributed by atoms with Gasteiger partial charge in [0.1, 0.15) is 0 Å². The molecule has 2 unspecified atom stereocenters. The second-order valence-corrected chi connectivity index (χ2v) is 5.87. The third-order valence-corrected chi connectivity index (χ3v) is 4.21. The summed E-state index contributed by atoms with van der Waals surface area (Å²) in [5, 5.41) is 0. The highest BCUT2D eigenvalue weighted by Gasteiger charge is 2.41. The Balaban J connectivity index is 2.01. The smallest absolute Gasteiger partial charge is 0.371 e. The molecular formula is C16H23F3N2. The first-order chi connectivity index (χ1) is 9.90. The summed E-state index contributed by atoms with van der Waals surface area (Å²) in [6, 6.07) is 7.91. The van der Waals surface area contributed by atoms with Crippen LogP contribution in [0.4, 0.5) is 18.9 Å². The number of benzene rings is 1. The quantitative estimate of drug-likeness (QED) is 0.917. The largest absolute Gasteiger partial charge is 0.393 e. The molecule has 1 aromatic carbocycles. The van der Waals surface area contributed by atoms with Crippen molar-refractivity contribution in [1.82, 2.24) is 0 Å². The molecule has 2 atom stereocenters. The topological polar surface area (TPSA) is 29.3 Å². The molecule has 1 heterocycles. The number of anilines is 1. The Morgan fingerprint density at radius 1 is 1.29 bits per heavy atom. The van der Waals surface area contributed by atoms with Gasteiger partial charge in [-0.2, -0.15) is 13.2 Å². The van der Waals surface area contributed by atoms with E-state index in [-0.39, 0.29) is 19.0 Å². The van der Waals surface area contributed by atoms with Gasteiger partial charge in [0.2, 0.25) is 0 Å². The summed E-state index contributed by atoms with van der Waals surface area (Å²) < 4.78 is 38.5. The van der Waals surface area contributed by atoms with Crippen molar-refractivity contribution in [2.45, 2.75) is 44.8 Å². The molecule has 0 aliphatic carbocycles. The number of nitrogens with zero attached hydrogens (tertiary/aromatic N) is 1. The predicted molar refractivity (Wildman–Crippen MR) is 79.4 cm³/mol. The van der Waals surface area contributed by atoms with Crippen LogP contribution in [-0.4, -0.2) is 25.3 Å². The standard InChI is InChI=1S/C16H23F3N2/c1-2-14(20)10-12-5-7-15(8-6-12)21-9-3-4-13(11-21)16(17,18)19/h5-8,13-14H,2-4,9-11,20H2,1H3. The fourth-order valence-corrected chi connectivity index (χ4v) is 2.77. The van der Waals surface area contributed by atoms with Crippen LogP contribution in [-0.2, 0) is 6.42 Å². The number of piperidine rings is 1. The zero-order valence-electron chi connectivity index (χ0n) is 12.4. The normalized spacial score (nSPS) is 21.4. The van der Waals surface area contributed by atoms with E-state index >= 15 is 0 Å². The molecular weight excluding hydrogens is 277 g/mol. The Bertz CT molecular complexity index is 442. The number of nitrogens with two attached hydrogens (primary N) is 1. The third-order valence-electron chi connectivity index (χ3n) is 4.21. The zero-order valence-corrected chi connectivity index (χ0v) is 12.4. The lowest BCUT2D eigenvalue weighted by molar-refractivity contribution is -0.175. The van der Waals surface area contributed by atoms with Gasteiger partial charge in [-0.25, -0.2) is 0 Å². The minimum absolute atomic E-state index is 0.0668. The SMILES string of the molecule is CCC(N)Cc1ccc(N2CCCC(C(F)(F)F)C2)cc1. The van der Waals surface area contributed by atoms with Gasteiger partial charge < -0.3 is 10.6 Å². The van der Waals surface area contributed by atoms with Crippen molar-refractivity contribution in [3.05, 3.63) is 29.8 Å². The highest BCUT2D eigenvalue weighted by molar-refractivity contribution is 5.48. The minimum atomic E-state index is -4.09. The average molecular weight is 300 g/mol. The fourth-order valence-electron chi connectivity index (χ4n) is 2.77. The molecule has 0 aromatic heterocycles.